The molecule has 3 rings (SSSR count). The summed E-state index contributed by atoms with van der Waals surface area (Å²) in [7, 11) is -3.57. The van der Waals surface area contributed by atoms with Crippen LogP contribution in [0.25, 0.3) is 0 Å². The Kier molecular flexibility index (Phi) is 5.74. The number of benzene rings is 2. The third-order valence-corrected chi connectivity index (χ3v) is 6.85. The van der Waals surface area contributed by atoms with E-state index in [9.17, 15) is 17.6 Å². The molecule has 1 fully saturated rings. The average molecular weight is 441 g/mol. The molecule has 0 atom stereocenters. The van der Waals surface area contributed by atoms with Gasteiger partial charge in [-0.05, 0) is 49.2 Å². The third kappa shape index (κ3) is 4.13. The quantitative estimate of drug-likeness (QED) is 0.788. The molecule has 0 saturated carbocycles. The number of hydrogen-bond acceptors (Lipinski definition) is 3. The maximum Gasteiger partial charge on any atom is 0.243 e. The lowest BCUT2D eigenvalue weighted by Crippen LogP contribution is -2.41. The zero-order valence-corrected chi connectivity index (χ0v) is 16.3. The topological polar surface area (TPSA) is 66.5 Å². The van der Waals surface area contributed by atoms with Gasteiger partial charge in [-0.25, -0.2) is 12.8 Å². The van der Waals surface area contributed by atoms with Gasteiger partial charge in [0.2, 0.25) is 15.9 Å². The molecule has 1 heterocycles. The molecular weight excluding hydrogens is 423 g/mol. The molecule has 2 aromatic carbocycles. The summed E-state index contributed by atoms with van der Waals surface area (Å²) >= 11 is 3.28. The molecular formula is C18H18BrFN2O3S. The van der Waals surface area contributed by atoms with Crippen molar-refractivity contribution in [2.45, 2.75) is 17.7 Å². The number of carbonyl (C=O) groups is 1. The fourth-order valence-electron chi connectivity index (χ4n) is 2.91. The molecule has 0 aliphatic carbocycles. The molecule has 5 nitrogen and oxygen atoms in total. The first-order valence-electron chi connectivity index (χ1n) is 8.19. The second kappa shape index (κ2) is 7.85. The number of rotatable bonds is 4. The lowest BCUT2D eigenvalue weighted by atomic mass is 9.97. The van der Waals surface area contributed by atoms with E-state index in [4.69, 9.17) is 0 Å². The van der Waals surface area contributed by atoms with E-state index in [1.165, 1.54) is 16.4 Å². The van der Waals surface area contributed by atoms with Crippen LogP contribution in [0.5, 0.6) is 0 Å². The van der Waals surface area contributed by atoms with Gasteiger partial charge in [0.15, 0.2) is 0 Å². The smallest absolute Gasteiger partial charge is 0.243 e. The number of amides is 1. The minimum Gasteiger partial charge on any atom is -0.323 e. The molecule has 1 N–H and O–H groups in total. The van der Waals surface area contributed by atoms with Gasteiger partial charge in [-0.15, -0.1) is 0 Å². The van der Waals surface area contributed by atoms with Crippen LogP contribution in [-0.2, 0) is 14.8 Å². The van der Waals surface area contributed by atoms with Crippen LogP contribution in [0.4, 0.5) is 10.1 Å². The van der Waals surface area contributed by atoms with E-state index >= 15 is 0 Å². The predicted octanol–water partition coefficient (Wildman–Crippen LogP) is 3.63. The highest BCUT2D eigenvalue weighted by Crippen LogP contribution is 2.26. The first-order chi connectivity index (χ1) is 12.4. The number of halogens is 2. The Bertz CT molecular complexity index is 895. The van der Waals surface area contributed by atoms with Gasteiger partial charge >= 0.3 is 0 Å². The lowest BCUT2D eigenvalue weighted by Gasteiger charge is -2.30. The monoisotopic (exact) mass is 440 g/mol. The van der Waals surface area contributed by atoms with Crippen LogP contribution in [0.15, 0.2) is 57.9 Å². The van der Waals surface area contributed by atoms with Crippen molar-refractivity contribution in [3.8, 4) is 0 Å². The highest BCUT2D eigenvalue weighted by molar-refractivity contribution is 9.10. The average Bonchev–Trinajstić information content (AvgIpc) is 2.64. The summed E-state index contributed by atoms with van der Waals surface area (Å²) in [6, 6.07) is 12.4. The lowest BCUT2D eigenvalue weighted by molar-refractivity contribution is -0.120. The highest BCUT2D eigenvalue weighted by atomic mass is 79.9. The van der Waals surface area contributed by atoms with Crippen LogP contribution in [0.3, 0.4) is 0 Å². The number of nitrogens with one attached hydrogen (secondary N) is 1. The summed E-state index contributed by atoms with van der Waals surface area (Å²) in [6.45, 7) is 0.515. The molecule has 0 spiro atoms. The SMILES string of the molecule is O=C(Nc1ccccc1F)C1CCN(S(=O)(=O)c2ccc(Br)cc2)CC1. The van der Waals surface area contributed by atoms with E-state index in [2.05, 4.69) is 21.2 Å². The molecule has 2 aromatic rings. The van der Waals surface area contributed by atoms with Crippen LogP contribution in [0.1, 0.15) is 12.8 Å². The van der Waals surface area contributed by atoms with Crippen molar-refractivity contribution in [2.24, 2.45) is 5.92 Å². The van der Waals surface area contributed by atoms with Crippen molar-refractivity contribution in [3.63, 3.8) is 0 Å². The Morgan fingerprint density at radius 2 is 1.69 bits per heavy atom. The molecule has 8 heteroatoms. The van der Waals surface area contributed by atoms with Gasteiger partial charge in [-0.3, -0.25) is 4.79 Å². The number of para-hydroxylation sites is 1. The molecule has 0 bridgehead atoms. The minimum atomic E-state index is -3.57. The molecule has 1 amide bonds. The van der Waals surface area contributed by atoms with Crippen molar-refractivity contribution in [1.82, 2.24) is 4.31 Å². The number of sulfonamides is 1. The molecule has 0 radical (unpaired) electrons. The zero-order chi connectivity index (χ0) is 18.7. The van der Waals surface area contributed by atoms with Crippen molar-refractivity contribution in [2.75, 3.05) is 18.4 Å². The maximum atomic E-state index is 13.6. The fraction of sp³-hybridized carbons (Fsp3) is 0.278. The normalized spacial score (nSPS) is 16.4. The number of hydrogen-bond donors (Lipinski definition) is 1. The molecule has 1 aliphatic rings. The third-order valence-electron chi connectivity index (χ3n) is 4.41. The van der Waals surface area contributed by atoms with Gasteiger partial charge in [-0.2, -0.15) is 4.31 Å². The van der Waals surface area contributed by atoms with Crippen LogP contribution in [0, 0.1) is 11.7 Å². The van der Waals surface area contributed by atoms with E-state index in [-0.39, 0.29) is 35.5 Å². The molecule has 1 aliphatic heterocycles. The number of anilines is 1. The zero-order valence-electron chi connectivity index (χ0n) is 13.9. The second-order valence-corrected chi connectivity index (χ2v) is 8.95. The second-order valence-electron chi connectivity index (χ2n) is 6.10. The molecule has 138 valence electrons. The van der Waals surface area contributed by atoms with Crippen molar-refractivity contribution in [3.05, 3.63) is 58.8 Å². The Hall–Kier alpha value is -1.77. The van der Waals surface area contributed by atoms with Crippen LogP contribution in [0.2, 0.25) is 0 Å². The largest absolute Gasteiger partial charge is 0.323 e. The first kappa shape index (κ1) is 19.0. The van der Waals surface area contributed by atoms with Crippen molar-refractivity contribution >= 4 is 37.5 Å². The van der Waals surface area contributed by atoms with E-state index in [0.29, 0.717) is 12.8 Å². The summed E-state index contributed by atoms with van der Waals surface area (Å²) in [5.74, 6) is -1.11. The summed E-state index contributed by atoms with van der Waals surface area (Å²) in [5, 5.41) is 2.58. The van der Waals surface area contributed by atoms with Gasteiger partial charge in [0, 0.05) is 23.5 Å². The van der Waals surface area contributed by atoms with Crippen molar-refractivity contribution < 1.29 is 17.6 Å². The number of piperidine rings is 1. The van der Waals surface area contributed by atoms with Gasteiger partial charge in [-0.1, -0.05) is 28.1 Å². The number of carbonyl (C=O) groups excluding carboxylic acids is 1. The first-order valence-corrected chi connectivity index (χ1v) is 10.4. The van der Waals surface area contributed by atoms with E-state index < -0.39 is 15.8 Å². The predicted molar refractivity (Wildman–Crippen MR) is 101 cm³/mol. The van der Waals surface area contributed by atoms with Crippen molar-refractivity contribution in [1.29, 1.82) is 0 Å². The van der Waals surface area contributed by atoms with Gasteiger partial charge < -0.3 is 5.32 Å². The molecule has 0 aromatic heterocycles. The standard InChI is InChI=1S/C18H18BrFN2O3S/c19-14-5-7-15(8-6-14)26(24,25)22-11-9-13(10-12-22)18(23)21-17-4-2-1-3-16(17)20/h1-8,13H,9-12H2,(H,21,23). The molecule has 26 heavy (non-hydrogen) atoms. The number of nitrogens with zero attached hydrogens (tertiary/aromatic N) is 1. The molecule has 0 unspecified atom stereocenters. The summed E-state index contributed by atoms with van der Waals surface area (Å²) in [6.07, 6.45) is 0.798. The van der Waals surface area contributed by atoms with Crippen LogP contribution >= 0.6 is 15.9 Å². The van der Waals surface area contributed by atoms with Gasteiger partial charge in [0.05, 0.1) is 10.6 Å². The van der Waals surface area contributed by atoms with Gasteiger partial charge in [0.25, 0.3) is 0 Å². The summed E-state index contributed by atoms with van der Waals surface area (Å²) in [4.78, 5) is 12.6. The molecule has 1 saturated heterocycles. The minimum absolute atomic E-state index is 0.141. The Morgan fingerprint density at radius 3 is 2.31 bits per heavy atom. The maximum absolute atomic E-state index is 13.6. The van der Waals surface area contributed by atoms with E-state index in [1.807, 2.05) is 0 Å². The highest BCUT2D eigenvalue weighted by Gasteiger charge is 2.32. The van der Waals surface area contributed by atoms with Gasteiger partial charge in [0.1, 0.15) is 5.82 Å². The summed E-state index contributed by atoms with van der Waals surface area (Å²) < 4.78 is 41.2. The fourth-order valence-corrected chi connectivity index (χ4v) is 4.65. The Morgan fingerprint density at radius 1 is 1.08 bits per heavy atom. The van der Waals surface area contributed by atoms with E-state index in [0.717, 1.165) is 4.47 Å². The van der Waals surface area contributed by atoms with Crippen LogP contribution < -0.4 is 5.32 Å². The van der Waals surface area contributed by atoms with E-state index in [1.54, 1.807) is 36.4 Å². The summed E-state index contributed by atoms with van der Waals surface area (Å²) in [5.41, 5.74) is 0.141. The van der Waals surface area contributed by atoms with Crippen LogP contribution in [-0.4, -0.2) is 31.7 Å². The Labute approximate surface area is 160 Å². The Balaban J connectivity index is 1.62.